The van der Waals surface area contributed by atoms with E-state index in [0.717, 1.165) is 0 Å². The minimum absolute atomic E-state index is 0.0384. The Morgan fingerprint density at radius 3 is 2.78 bits per heavy atom. The molecule has 1 aromatic carbocycles. The van der Waals surface area contributed by atoms with E-state index in [1.54, 1.807) is 35.8 Å². The van der Waals surface area contributed by atoms with E-state index in [9.17, 15) is 13.2 Å². The Bertz CT molecular complexity index is 1110. The number of nitrogens with zero attached hydrogens (tertiary/aromatic N) is 5. The second-order valence-electron chi connectivity index (χ2n) is 5.85. The van der Waals surface area contributed by atoms with Gasteiger partial charge in [0.15, 0.2) is 11.5 Å². The third-order valence-electron chi connectivity index (χ3n) is 4.31. The van der Waals surface area contributed by atoms with Crippen LogP contribution in [0.25, 0.3) is 5.69 Å². The van der Waals surface area contributed by atoms with Crippen LogP contribution < -0.4 is 5.32 Å². The average molecular weight is 384 g/mol. The summed E-state index contributed by atoms with van der Waals surface area (Å²) in [6, 6.07) is 6.68. The number of aromatic nitrogens is 4. The molecule has 1 amide bonds. The fourth-order valence-corrected chi connectivity index (χ4v) is 4.60. The van der Waals surface area contributed by atoms with Crippen molar-refractivity contribution in [1.29, 1.82) is 0 Å². The van der Waals surface area contributed by atoms with E-state index in [4.69, 9.17) is 0 Å². The summed E-state index contributed by atoms with van der Waals surface area (Å²) in [6.45, 7) is 2.06. The lowest BCUT2D eigenvalue weighted by molar-refractivity contribution is 0.102. The lowest BCUT2D eigenvalue weighted by Crippen LogP contribution is -2.30. The van der Waals surface area contributed by atoms with Gasteiger partial charge in [-0.1, -0.05) is 19.1 Å². The number of hydrogen-bond donors (Lipinski definition) is 1. The molecule has 0 radical (unpaired) electrons. The number of carbonyl (C=O) groups excluding carboxylic acids is 1. The van der Waals surface area contributed by atoms with E-state index < -0.39 is 15.9 Å². The maximum Gasteiger partial charge on any atom is 0.277 e. The van der Waals surface area contributed by atoms with E-state index >= 15 is 0 Å². The Morgan fingerprint density at radius 2 is 2.04 bits per heavy atom. The molecular formula is C17H16N6O3S. The van der Waals surface area contributed by atoms with Gasteiger partial charge in [0.25, 0.3) is 5.91 Å². The normalized spacial score (nSPS) is 15.4. The number of sulfonamides is 1. The van der Waals surface area contributed by atoms with Gasteiger partial charge in [0.1, 0.15) is 11.2 Å². The number of imidazole rings is 1. The number of amides is 1. The maximum atomic E-state index is 13.0. The predicted octanol–water partition coefficient (Wildman–Crippen LogP) is 1.44. The smallest absolute Gasteiger partial charge is 0.277 e. The average Bonchev–Trinajstić information content (AvgIpc) is 3.06. The van der Waals surface area contributed by atoms with Crippen LogP contribution >= 0.6 is 0 Å². The van der Waals surface area contributed by atoms with Crippen molar-refractivity contribution in [2.45, 2.75) is 18.4 Å². The molecule has 0 bridgehead atoms. The molecule has 1 aliphatic heterocycles. The Labute approximate surface area is 155 Å². The molecule has 138 valence electrons. The van der Waals surface area contributed by atoms with Crippen molar-refractivity contribution in [1.82, 2.24) is 23.8 Å². The molecule has 0 unspecified atom stereocenters. The van der Waals surface area contributed by atoms with Crippen LogP contribution in [0.15, 0.2) is 54.1 Å². The number of para-hydroxylation sites is 1. The first-order valence-electron chi connectivity index (χ1n) is 8.25. The number of nitrogens with one attached hydrogen (secondary N) is 1. The quantitative estimate of drug-likeness (QED) is 0.732. The summed E-state index contributed by atoms with van der Waals surface area (Å²) >= 11 is 0. The van der Waals surface area contributed by atoms with Crippen LogP contribution in [0, 0.1) is 0 Å². The number of fused-ring (bicyclic) bond motifs is 3. The number of carbonyl (C=O) groups is 1. The fourth-order valence-electron chi connectivity index (χ4n) is 3.01. The molecule has 27 heavy (non-hydrogen) atoms. The van der Waals surface area contributed by atoms with E-state index in [1.807, 2.05) is 0 Å². The van der Waals surface area contributed by atoms with Gasteiger partial charge in [0.2, 0.25) is 10.0 Å². The van der Waals surface area contributed by atoms with Gasteiger partial charge in [-0.25, -0.2) is 18.4 Å². The molecule has 0 saturated carbocycles. The van der Waals surface area contributed by atoms with Crippen molar-refractivity contribution in [3.63, 3.8) is 0 Å². The summed E-state index contributed by atoms with van der Waals surface area (Å²) < 4.78 is 28.9. The predicted molar refractivity (Wildman–Crippen MR) is 96.8 cm³/mol. The third-order valence-corrected chi connectivity index (χ3v) is 6.28. The van der Waals surface area contributed by atoms with Crippen molar-refractivity contribution >= 4 is 21.7 Å². The van der Waals surface area contributed by atoms with Crippen molar-refractivity contribution < 1.29 is 13.2 Å². The standard InChI is InChI=1S/C17H16N6O3S/c1-2-22-10-13-16(17(24)21-15-9-18-7-8-19-15)20-11-23(13)12-5-3-4-6-14(12)27(22,25)26/h3-9,11H,2,10H2,1H3,(H,19,21,24). The number of benzene rings is 1. The molecule has 3 heterocycles. The molecule has 10 heteroatoms. The molecule has 3 aromatic rings. The van der Waals surface area contributed by atoms with E-state index in [1.165, 1.54) is 29.2 Å². The Hall–Kier alpha value is -3.11. The van der Waals surface area contributed by atoms with Crippen molar-refractivity contribution in [2.75, 3.05) is 11.9 Å². The highest BCUT2D eigenvalue weighted by Gasteiger charge is 2.33. The molecule has 4 rings (SSSR count). The van der Waals surface area contributed by atoms with Crippen LogP contribution in [-0.2, 0) is 16.6 Å². The third kappa shape index (κ3) is 2.88. The summed E-state index contributed by atoms with van der Waals surface area (Å²) in [5.74, 6) is -0.185. The van der Waals surface area contributed by atoms with Crippen LogP contribution in [0.1, 0.15) is 23.1 Å². The molecule has 0 aliphatic carbocycles. The first kappa shape index (κ1) is 17.3. The Kier molecular flexibility index (Phi) is 4.21. The fraction of sp³-hybridized carbons (Fsp3) is 0.176. The van der Waals surface area contributed by atoms with Gasteiger partial charge in [-0.05, 0) is 12.1 Å². The van der Waals surface area contributed by atoms with E-state index in [2.05, 4.69) is 20.3 Å². The van der Waals surface area contributed by atoms with Crippen LogP contribution in [0.2, 0.25) is 0 Å². The molecule has 0 fully saturated rings. The summed E-state index contributed by atoms with van der Waals surface area (Å²) in [4.78, 5) is 25.0. The second kappa shape index (κ2) is 6.56. The van der Waals surface area contributed by atoms with Gasteiger partial charge >= 0.3 is 0 Å². The number of rotatable bonds is 3. The minimum atomic E-state index is -3.68. The summed E-state index contributed by atoms with van der Waals surface area (Å²) in [5.41, 5.74) is 1.10. The first-order valence-corrected chi connectivity index (χ1v) is 9.69. The first-order chi connectivity index (χ1) is 13.0. The molecule has 0 spiro atoms. The molecule has 0 saturated heterocycles. The molecule has 0 atom stereocenters. The highest BCUT2D eigenvalue weighted by Crippen LogP contribution is 2.31. The molecule has 2 aromatic heterocycles. The van der Waals surface area contributed by atoms with Crippen LogP contribution in [0.4, 0.5) is 5.82 Å². The summed E-state index contributed by atoms with van der Waals surface area (Å²) in [7, 11) is -3.68. The lowest BCUT2D eigenvalue weighted by atomic mass is 10.2. The topological polar surface area (TPSA) is 110 Å². The number of hydrogen-bond acceptors (Lipinski definition) is 6. The maximum absolute atomic E-state index is 13.0. The second-order valence-corrected chi connectivity index (χ2v) is 7.76. The van der Waals surface area contributed by atoms with Crippen molar-refractivity contribution in [3.05, 3.63) is 60.6 Å². The highest BCUT2D eigenvalue weighted by atomic mass is 32.2. The van der Waals surface area contributed by atoms with Gasteiger partial charge in [0, 0.05) is 18.9 Å². The Balaban J connectivity index is 1.82. The van der Waals surface area contributed by atoms with Crippen LogP contribution in [-0.4, -0.2) is 44.7 Å². The Morgan fingerprint density at radius 1 is 1.22 bits per heavy atom. The lowest BCUT2D eigenvalue weighted by Gasteiger charge is -2.18. The SMILES string of the molecule is CCN1Cc2c(C(=O)Nc3cnccn3)ncn2-c2ccccc2S1(=O)=O. The van der Waals surface area contributed by atoms with Crippen molar-refractivity contribution in [3.8, 4) is 5.69 Å². The van der Waals surface area contributed by atoms with Gasteiger partial charge in [-0.2, -0.15) is 4.31 Å². The van der Waals surface area contributed by atoms with E-state index in [0.29, 0.717) is 17.2 Å². The monoisotopic (exact) mass is 384 g/mol. The molecule has 9 nitrogen and oxygen atoms in total. The zero-order chi connectivity index (χ0) is 19.0. The molecule has 1 aliphatic rings. The molecular weight excluding hydrogens is 368 g/mol. The van der Waals surface area contributed by atoms with E-state index in [-0.39, 0.29) is 23.7 Å². The summed E-state index contributed by atoms with van der Waals surface area (Å²) in [6.07, 6.45) is 5.85. The van der Waals surface area contributed by atoms with Gasteiger partial charge < -0.3 is 5.32 Å². The van der Waals surface area contributed by atoms with Crippen LogP contribution in [0.3, 0.4) is 0 Å². The zero-order valence-corrected chi connectivity index (χ0v) is 15.2. The number of anilines is 1. The van der Waals surface area contributed by atoms with Crippen molar-refractivity contribution in [2.24, 2.45) is 0 Å². The largest absolute Gasteiger partial charge is 0.304 e. The van der Waals surface area contributed by atoms with Gasteiger partial charge in [0.05, 0.1) is 24.1 Å². The highest BCUT2D eigenvalue weighted by molar-refractivity contribution is 7.89. The minimum Gasteiger partial charge on any atom is -0.304 e. The zero-order valence-electron chi connectivity index (χ0n) is 14.4. The summed E-state index contributed by atoms with van der Waals surface area (Å²) in [5, 5.41) is 2.64. The van der Waals surface area contributed by atoms with Gasteiger partial charge in [-0.15, -0.1) is 0 Å². The van der Waals surface area contributed by atoms with Gasteiger partial charge in [-0.3, -0.25) is 14.3 Å². The van der Waals surface area contributed by atoms with Crippen LogP contribution in [0.5, 0.6) is 0 Å². The molecule has 1 N–H and O–H groups in total.